The summed E-state index contributed by atoms with van der Waals surface area (Å²) >= 11 is 0. The Hall–Kier alpha value is -2.87. The molecule has 1 fully saturated rings. The predicted molar refractivity (Wildman–Crippen MR) is 101 cm³/mol. The fourth-order valence-corrected chi connectivity index (χ4v) is 3.59. The number of nitrogens with zero attached hydrogens (tertiary/aromatic N) is 2. The minimum Gasteiger partial charge on any atom is -0.486 e. The maximum absolute atomic E-state index is 12.8. The number of fused-ring (bicyclic) bond motifs is 1. The van der Waals surface area contributed by atoms with Crippen LogP contribution in [0.2, 0.25) is 0 Å². The number of likely N-dealkylation sites (tertiary alicyclic amines) is 1. The van der Waals surface area contributed by atoms with Crippen molar-refractivity contribution in [1.82, 2.24) is 10.1 Å². The number of rotatable bonds is 5. The molecule has 4 rings (SSSR count). The molecule has 1 aromatic heterocycles. The van der Waals surface area contributed by atoms with E-state index in [0.29, 0.717) is 54.9 Å². The van der Waals surface area contributed by atoms with Crippen LogP contribution in [-0.2, 0) is 4.79 Å². The lowest BCUT2D eigenvalue weighted by Gasteiger charge is -2.30. The topological polar surface area (TPSA) is 93.9 Å². The lowest BCUT2D eigenvalue weighted by molar-refractivity contribution is -0.117. The molecular formula is C20H23N3O5. The average Bonchev–Trinajstić information content (AvgIpc) is 3.12. The van der Waals surface area contributed by atoms with E-state index < -0.39 is 0 Å². The maximum Gasteiger partial charge on any atom is 0.240 e. The summed E-state index contributed by atoms with van der Waals surface area (Å²) in [4.78, 5) is 27.0. The Kier molecular flexibility index (Phi) is 5.29. The van der Waals surface area contributed by atoms with E-state index >= 15 is 0 Å². The third-order valence-electron chi connectivity index (χ3n) is 5.04. The summed E-state index contributed by atoms with van der Waals surface area (Å²) in [5.74, 6) is 1.61. The van der Waals surface area contributed by atoms with Gasteiger partial charge in [0.2, 0.25) is 11.8 Å². The number of carbonyl (C=O) groups is 2. The van der Waals surface area contributed by atoms with Crippen LogP contribution in [0.4, 0.5) is 5.88 Å². The quantitative estimate of drug-likeness (QED) is 0.789. The number of piperidine rings is 1. The van der Waals surface area contributed by atoms with E-state index in [9.17, 15) is 9.59 Å². The van der Waals surface area contributed by atoms with Crippen LogP contribution in [0.1, 0.15) is 28.9 Å². The van der Waals surface area contributed by atoms with Crippen LogP contribution in [0.3, 0.4) is 0 Å². The number of ether oxygens (including phenoxy) is 2. The van der Waals surface area contributed by atoms with E-state index in [1.54, 1.807) is 31.2 Å². The van der Waals surface area contributed by atoms with Gasteiger partial charge in [0, 0.05) is 17.5 Å². The molecule has 8 nitrogen and oxygen atoms in total. The summed E-state index contributed by atoms with van der Waals surface area (Å²) < 4.78 is 16.1. The molecule has 1 saturated heterocycles. The third-order valence-corrected chi connectivity index (χ3v) is 5.04. The number of anilines is 1. The van der Waals surface area contributed by atoms with Crippen molar-refractivity contribution in [3.8, 4) is 11.5 Å². The van der Waals surface area contributed by atoms with Crippen molar-refractivity contribution in [2.75, 3.05) is 38.2 Å². The van der Waals surface area contributed by atoms with Crippen molar-refractivity contribution >= 4 is 17.6 Å². The van der Waals surface area contributed by atoms with Crippen LogP contribution in [-0.4, -0.2) is 54.6 Å². The number of amides is 1. The molecule has 0 spiro atoms. The molecule has 8 heteroatoms. The van der Waals surface area contributed by atoms with Crippen molar-refractivity contribution in [2.24, 2.45) is 5.92 Å². The maximum atomic E-state index is 12.8. The lowest BCUT2D eigenvalue weighted by atomic mass is 9.88. The first-order valence-corrected chi connectivity index (χ1v) is 9.48. The summed E-state index contributed by atoms with van der Waals surface area (Å²) in [6.45, 7) is 4.49. The Labute approximate surface area is 162 Å². The largest absolute Gasteiger partial charge is 0.486 e. The first-order chi connectivity index (χ1) is 13.6. The van der Waals surface area contributed by atoms with E-state index in [1.807, 2.05) is 4.90 Å². The molecule has 0 saturated carbocycles. The molecule has 2 aromatic rings. The number of hydrogen-bond acceptors (Lipinski definition) is 7. The lowest BCUT2D eigenvalue weighted by Crippen LogP contribution is -2.40. The molecule has 1 aromatic carbocycles. The smallest absolute Gasteiger partial charge is 0.240 e. The van der Waals surface area contributed by atoms with Gasteiger partial charge in [-0.15, -0.1) is 0 Å². The number of aryl methyl sites for hydroxylation is 1. The van der Waals surface area contributed by atoms with E-state index in [2.05, 4.69) is 10.5 Å². The zero-order valence-corrected chi connectivity index (χ0v) is 15.8. The van der Waals surface area contributed by atoms with Gasteiger partial charge in [0.05, 0.1) is 12.2 Å². The fraction of sp³-hybridized carbons (Fsp3) is 0.450. The summed E-state index contributed by atoms with van der Waals surface area (Å²) in [7, 11) is 0. The van der Waals surface area contributed by atoms with Gasteiger partial charge in [-0.05, 0) is 51.1 Å². The van der Waals surface area contributed by atoms with Gasteiger partial charge in [0.1, 0.15) is 13.2 Å². The number of hydrogen-bond donors (Lipinski definition) is 1. The van der Waals surface area contributed by atoms with Crippen LogP contribution in [0.15, 0.2) is 28.8 Å². The molecular weight excluding hydrogens is 362 g/mol. The Bertz CT molecular complexity index is 870. The number of aromatic nitrogens is 1. The molecule has 2 aliphatic rings. The molecule has 1 N–H and O–H groups in total. The Morgan fingerprint density at radius 3 is 2.61 bits per heavy atom. The van der Waals surface area contributed by atoms with Crippen molar-refractivity contribution in [3.05, 3.63) is 35.5 Å². The molecule has 0 aliphatic carbocycles. The molecule has 2 aliphatic heterocycles. The summed E-state index contributed by atoms with van der Waals surface area (Å²) in [6.07, 6.45) is 1.45. The fourth-order valence-electron chi connectivity index (χ4n) is 3.59. The second-order valence-corrected chi connectivity index (χ2v) is 7.15. The van der Waals surface area contributed by atoms with E-state index in [0.717, 1.165) is 12.8 Å². The monoisotopic (exact) mass is 385 g/mol. The van der Waals surface area contributed by atoms with Crippen molar-refractivity contribution < 1.29 is 23.6 Å². The first kappa shape index (κ1) is 18.5. The number of carbonyl (C=O) groups excluding carboxylic acids is 2. The third kappa shape index (κ3) is 4.17. The van der Waals surface area contributed by atoms with Crippen molar-refractivity contribution in [2.45, 2.75) is 19.8 Å². The number of nitrogens with one attached hydrogen (secondary N) is 1. The van der Waals surface area contributed by atoms with Crippen LogP contribution in [0.25, 0.3) is 0 Å². The minimum atomic E-state index is -0.146. The van der Waals surface area contributed by atoms with Gasteiger partial charge in [-0.1, -0.05) is 5.16 Å². The van der Waals surface area contributed by atoms with Gasteiger partial charge in [-0.2, -0.15) is 0 Å². The van der Waals surface area contributed by atoms with Crippen LogP contribution < -0.4 is 14.8 Å². The molecule has 148 valence electrons. The normalized spacial score (nSPS) is 17.3. The van der Waals surface area contributed by atoms with Gasteiger partial charge >= 0.3 is 0 Å². The highest BCUT2D eigenvalue weighted by atomic mass is 16.6. The second-order valence-electron chi connectivity index (χ2n) is 7.15. The Balaban J connectivity index is 1.29. The molecule has 0 unspecified atom stereocenters. The van der Waals surface area contributed by atoms with Gasteiger partial charge in [-0.3, -0.25) is 19.8 Å². The average molecular weight is 385 g/mol. The second kappa shape index (κ2) is 8.02. The summed E-state index contributed by atoms with van der Waals surface area (Å²) in [6, 6.07) is 7.05. The van der Waals surface area contributed by atoms with Crippen molar-refractivity contribution in [3.63, 3.8) is 0 Å². The van der Waals surface area contributed by atoms with E-state index in [1.165, 1.54) is 0 Å². The zero-order valence-electron chi connectivity index (χ0n) is 15.8. The standard InChI is InChI=1S/C20H23N3O5/c1-13-10-19(28-22-13)21-18(24)12-23-6-4-14(5-7-23)20(25)15-2-3-16-17(11-15)27-9-8-26-16/h2-3,10-11,14H,4-9,12H2,1H3,(H,21,24). The van der Waals surface area contributed by atoms with Gasteiger partial charge in [0.15, 0.2) is 17.3 Å². The molecule has 0 atom stereocenters. The summed E-state index contributed by atoms with van der Waals surface area (Å²) in [5.41, 5.74) is 1.37. The summed E-state index contributed by atoms with van der Waals surface area (Å²) in [5, 5.41) is 6.44. The van der Waals surface area contributed by atoms with Gasteiger partial charge in [0.25, 0.3) is 0 Å². The highest BCUT2D eigenvalue weighted by Crippen LogP contribution is 2.32. The molecule has 28 heavy (non-hydrogen) atoms. The Morgan fingerprint density at radius 1 is 1.14 bits per heavy atom. The highest BCUT2D eigenvalue weighted by Gasteiger charge is 2.27. The van der Waals surface area contributed by atoms with E-state index in [-0.39, 0.29) is 24.2 Å². The van der Waals surface area contributed by atoms with Gasteiger partial charge < -0.3 is 14.0 Å². The molecule has 1 amide bonds. The Morgan fingerprint density at radius 2 is 1.89 bits per heavy atom. The number of Topliss-reactive ketones (excluding diaryl/α,β-unsaturated/α-hetero) is 1. The van der Waals surface area contributed by atoms with Crippen LogP contribution >= 0.6 is 0 Å². The minimum absolute atomic E-state index is 0.0428. The van der Waals surface area contributed by atoms with Gasteiger partial charge in [-0.25, -0.2) is 0 Å². The van der Waals surface area contributed by atoms with E-state index in [4.69, 9.17) is 14.0 Å². The number of benzene rings is 1. The van der Waals surface area contributed by atoms with Crippen molar-refractivity contribution in [1.29, 1.82) is 0 Å². The van der Waals surface area contributed by atoms with Crippen LogP contribution in [0.5, 0.6) is 11.5 Å². The first-order valence-electron chi connectivity index (χ1n) is 9.48. The van der Waals surface area contributed by atoms with Crippen LogP contribution in [0, 0.1) is 12.8 Å². The zero-order chi connectivity index (χ0) is 19.5. The molecule has 3 heterocycles. The highest BCUT2D eigenvalue weighted by molar-refractivity contribution is 5.98. The predicted octanol–water partition coefficient (Wildman–Crippen LogP) is 2.29. The SMILES string of the molecule is Cc1cc(NC(=O)CN2CCC(C(=O)c3ccc4c(c3)OCCO4)CC2)on1. The molecule has 0 bridgehead atoms. The molecule has 0 radical (unpaired) electrons. The number of ketones is 1.